The molecule has 5 heteroatoms. The van der Waals surface area contributed by atoms with Crippen LogP contribution >= 0.6 is 23.2 Å². The Hall–Kier alpha value is -0.930. The first-order valence-corrected chi connectivity index (χ1v) is 8.11. The lowest BCUT2D eigenvalue weighted by Crippen LogP contribution is -2.21. The normalized spacial score (nSPS) is 13.9. The van der Waals surface area contributed by atoms with Gasteiger partial charge in [-0.1, -0.05) is 62.7 Å². The van der Waals surface area contributed by atoms with E-state index in [1.165, 1.54) is 12.5 Å². The molecule has 0 spiro atoms. The van der Waals surface area contributed by atoms with E-state index in [-0.39, 0.29) is 5.92 Å². The molecule has 2 unspecified atom stereocenters. The average Bonchev–Trinajstić information content (AvgIpc) is 2.40. The van der Waals surface area contributed by atoms with Crippen LogP contribution in [0.15, 0.2) is 12.1 Å². The SMILES string of the molecule is CCCCCCC(C)C(C(=O)O)c1cc(Cl)cc(Cl)c1N. The monoisotopic (exact) mass is 331 g/mol. The Morgan fingerprint density at radius 3 is 2.52 bits per heavy atom. The van der Waals surface area contributed by atoms with Crippen molar-refractivity contribution in [3.8, 4) is 0 Å². The first-order chi connectivity index (χ1) is 9.88. The lowest BCUT2D eigenvalue weighted by Gasteiger charge is -2.22. The maximum atomic E-state index is 11.7. The maximum Gasteiger partial charge on any atom is 0.311 e. The fraction of sp³-hybridized carbons (Fsp3) is 0.562. The first kappa shape index (κ1) is 18.1. The fourth-order valence-corrected chi connectivity index (χ4v) is 3.11. The number of nitrogen functional groups attached to an aromatic ring is 1. The summed E-state index contributed by atoms with van der Waals surface area (Å²) >= 11 is 12.0. The van der Waals surface area contributed by atoms with Gasteiger partial charge in [0.25, 0.3) is 0 Å². The molecule has 21 heavy (non-hydrogen) atoms. The number of carboxylic acids is 1. The molecule has 0 aliphatic heterocycles. The Bertz CT molecular complexity index is 491. The maximum absolute atomic E-state index is 11.7. The predicted octanol–water partition coefficient (Wildman–Crippen LogP) is 5.35. The minimum Gasteiger partial charge on any atom is -0.481 e. The number of benzene rings is 1. The number of nitrogens with two attached hydrogens (primary N) is 1. The summed E-state index contributed by atoms with van der Waals surface area (Å²) in [4.78, 5) is 11.7. The van der Waals surface area contributed by atoms with Gasteiger partial charge >= 0.3 is 5.97 Å². The van der Waals surface area contributed by atoms with E-state index in [0.29, 0.717) is 21.3 Å². The number of rotatable bonds is 8. The lowest BCUT2D eigenvalue weighted by molar-refractivity contribution is -0.140. The van der Waals surface area contributed by atoms with Crippen LogP contribution in [0.1, 0.15) is 57.4 Å². The highest BCUT2D eigenvalue weighted by Gasteiger charge is 2.29. The fourth-order valence-electron chi connectivity index (χ4n) is 2.60. The van der Waals surface area contributed by atoms with Crippen molar-refractivity contribution in [1.82, 2.24) is 0 Å². The lowest BCUT2D eigenvalue weighted by atomic mass is 9.83. The van der Waals surface area contributed by atoms with Crippen molar-refractivity contribution in [3.05, 3.63) is 27.7 Å². The molecule has 2 atom stereocenters. The van der Waals surface area contributed by atoms with Crippen molar-refractivity contribution in [2.45, 2.75) is 51.9 Å². The van der Waals surface area contributed by atoms with Crippen LogP contribution in [0.5, 0.6) is 0 Å². The van der Waals surface area contributed by atoms with E-state index in [2.05, 4.69) is 6.92 Å². The van der Waals surface area contributed by atoms with Gasteiger partial charge in [0.05, 0.1) is 16.6 Å². The molecule has 0 heterocycles. The quantitative estimate of drug-likeness (QED) is 0.498. The second-order valence-corrected chi connectivity index (χ2v) is 6.38. The Morgan fingerprint density at radius 1 is 1.29 bits per heavy atom. The highest BCUT2D eigenvalue weighted by molar-refractivity contribution is 6.36. The molecule has 0 aliphatic rings. The van der Waals surface area contributed by atoms with Crippen molar-refractivity contribution in [1.29, 1.82) is 0 Å². The van der Waals surface area contributed by atoms with Crippen LogP contribution < -0.4 is 5.73 Å². The molecule has 0 fully saturated rings. The predicted molar refractivity (Wildman–Crippen MR) is 89.2 cm³/mol. The Balaban J connectivity index is 2.94. The number of unbranched alkanes of at least 4 members (excludes halogenated alkanes) is 3. The van der Waals surface area contributed by atoms with Gasteiger partial charge < -0.3 is 10.8 Å². The number of hydrogen-bond donors (Lipinski definition) is 2. The zero-order valence-electron chi connectivity index (χ0n) is 12.5. The third-order valence-corrected chi connectivity index (χ3v) is 4.34. The summed E-state index contributed by atoms with van der Waals surface area (Å²) in [5.41, 5.74) is 6.78. The smallest absolute Gasteiger partial charge is 0.311 e. The largest absolute Gasteiger partial charge is 0.481 e. The number of halogens is 2. The van der Waals surface area contributed by atoms with Crippen LogP contribution in [0.2, 0.25) is 10.0 Å². The third kappa shape index (κ3) is 5.08. The summed E-state index contributed by atoms with van der Waals surface area (Å²) in [6.07, 6.45) is 5.33. The van der Waals surface area contributed by atoms with Crippen molar-refractivity contribution in [3.63, 3.8) is 0 Å². The molecule has 0 saturated heterocycles. The molecule has 0 saturated carbocycles. The highest BCUT2D eigenvalue weighted by atomic mass is 35.5. The minimum atomic E-state index is -0.886. The summed E-state index contributed by atoms with van der Waals surface area (Å²) in [6.45, 7) is 4.09. The van der Waals surface area contributed by atoms with Crippen LogP contribution in [-0.2, 0) is 4.79 Å². The molecule has 118 valence electrons. The van der Waals surface area contributed by atoms with Crippen molar-refractivity contribution in [2.75, 3.05) is 5.73 Å². The minimum absolute atomic E-state index is 0.0174. The van der Waals surface area contributed by atoms with Crippen LogP contribution in [0, 0.1) is 5.92 Å². The highest BCUT2D eigenvalue weighted by Crippen LogP contribution is 2.37. The molecular weight excluding hydrogens is 309 g/mol. The second-order valence-electron chi connectivity index (χ2n) is 5.53. The van der Waals surface area contributed by atoms with Crippen LogP contribution in [-0.4, -0.2) is 11.1 Å². The van der Waals surface area contributed by atoms with Gasteiger partial charge in [-0.3, -0.25) is 4.79 Å². The summed E-state index contributed by atoms with van der Waals surface area (Å²) in [7, 11) is 0. The second kappa shape index (κ2) is 8.50. The zero-order valence-corrected chi connectivity index (χ0v) is 14.0. The molecule has 0 aliphatic carbocycles. The molecule has 0 radical (unpaired) electrons. The molecule has 1 aromatic rings. The summed E-state index contributed by atoms with van der Waals surface area (Å²) in [5, 5.41) is 10.3. The standard InChI is InChI=1S/C16H23Cl2NO2/c1-3-4-5-6-7-10(2)14(16(20)21)12-8-11(17)9-13(18)15(12)19/h8-10,14H,3-7,19H2,1-2H3,(H,20,21). The number of carbonyl (C=O) groups is 1. The van der Waals surface area contributed by atoms with E-state index in [9.17, 15) is 9.90 Å². The van der Waals surface area contributed by atoms with Gasteiger partial charge in [-0.25, -0.2) is 0 Å². The molecule has 1 rings (SSSR count). The number of aliphatic carboxylic acids is 1. The van der Waals surface area contributed by atoms with Crippen molar-refractivity contribution < 1.29 is 9.90 Å². The van der Waals surface area contributed by atoms with E-state index in [4.69, 9.17) is 28.9 Å². The number of hydrogen-bond acceptors (Lipinski definition) is 2. The number of carboxylic acid groups (broad SMARTS) is 1. The van der Waals surface area contributed by atoms with Gasteiger partial charge in [0, 0.05) is 5.02 Å². The average molecular weight is 332 g/mol. The molecule has 1 aromatic carbocycles. The molecule has 0 aromatic heterocycles. The summed E-state index contributed by atoms with van der Waals surface area (Å²) in [6, 6.07) is 3.15. The van der Waals surface area contributed by atoms with E-state index in [1.807, 2.05) is 6.92 Å². The van der Waals surface area contributed by atoms with Gasteiger partial charge in [-0.2, -0.15) is 0 Å². The van der Waals surface area contributed by atoms with Crippen LogP contribution in [0.4, 0.5) is 5.69 Å². The van der Waals surface area contributed by atoms with Crippen LogP contribution in [0.3, 0.4) is 0 Å². The Morgan fingerprint density at radius 2 is 1.95 bits per heavy atom. The Labute approximate surface area is 136 Å². The van der Waals surface area contributed by atoms with E-state index in [0.717, 1.165) is 25.7 Å². The van der Waals surface area contributed by atoms with E-state index >= 15 is 0 Å². The van der Waals surface area contributed by atoms with Crippen LogP contribution in [0.25, 0.3) is 0 Å². The summed E-state index contributed by atoms with van der Waals surface area (Å²) in [5.74, 6) is -1.58. The van der Waals surface area contributed by atoms with E-state index in [1.54, 1.807) is 6.07 Å². The number of anilines is 1. The first-order valence-electron chi connectivity index (χ1n) is 7.35. The Kier molecular flexibility index (Phi) is 7.33. The van der Waals surface area contributed by atoms with Crippen molar-refractivity contribution >= 4 is 34.9 Å². The molecule has 0 amide bonds. The molecule has 3 nitrogen and oxygen atoms in total. The van der Waals surface area contributed by atoms with Gasteiger partial charge in [0.15, 0.2) is 0 Å². The van der Waals surface area contributed by atoms with Gasteiger partial charge in [0.2, 0.25) is 0 Å². The van der Waals surface area contributed by atoms with Gasteiger partial charge in [0.1, 0.15) is 0 Å². The molecular formula is C16H23Cl2NO2. The van der Waals surface area contributed by atoms with Gasteiger partial charge in [-0.15, -0.1) is 0 Å². The third-order valence-electron chi connectivity index (χ3n) is 3.81. The van der Waals surface area contributed by atoms with Crippen molar-refractivity contribution in [2.24, 2.45) is 5.92 Å². The molecule has 0 bridgehead atoms. The topological polar surface area (TPSA) is 63.3 Å². The zero-order chi connectivity index (χ0) is 16.0. The molecule has 3 N–H and O–H groups in total. The van der Waals surface area contributed by atoms with Gasteiger partial charge in [-0.05, 0) is 30.0 Å². The summed E-state index contributed by atoms with van der Waals surface area (Å²) < 4.78 is 0. The van der Waals surface area contributed by atoms with E-state index < -0.39 is 11.9 Å².